The van der Waals surface area contributed by atoms with Crippen LogP contribution in [0.15, 0.2) is 59.8 Å². The average Bonchev–Trinajstić information content (AvgIpc) is 3.41. The van der Waals surface area contributed by atoms with Crippen LogP contribution >= 0.6 is 11.8 Å². The largest absolute Gasteiger partial charge is 0.368 e. The van der Waals surface area contributed by atoms with Crippen LogP contribution in [0.4, 0.5) is 5.69 Å². The zero-order chi connectivity index (χ0) is 23.2. The van der Waals surface area contributed by atoms with E-state index in [-0.39, 0.29) is 23.6 Å². The van der Waals surface area contributed by atoms with E-state index in [0.717, 1.165) is 42.0 Å². The van der Waals surface area contributed by atoms with Crippen molar-refractivity contribution in [2.45, 2.75) is 44.1 Å². The minimum Gasteiger partial charge on any atom is -0.368 e. The molecule has 1 saturated heterocycles. The molecule has 1 aromatic heterocycles. The number of carbonyl (C=O) groups excluding carboxylic acids is 2. The van der Waals surface area contributed by atoms with Gasteiger partial charge < -0.3 is 15.6 Å². The van der Waals surface area contributed by atoms with E-state index in [1.54, 1.807) is 0 Å². The van der Waals surface area contributed by atoms with Gasteiger partial charge in [0.1, 0.15) is 5.82 Å². The van der Waals surface area contributed by atoms with E-state index in [1.165, 1.54) is 11.8 Å². The van der Waals surface area contributed by atoms with E-state index in [2.05, 4.69) is 32.5 Å². The highest BCUT2D eigenvalue weighted by Crippen LogP contribution is 2.24. The molecule has 0 spiro atoms. The molecule has 0 bridgehead atoms. The highest BCUT2D eigenvalue weighted by molar-refractivity contribution is 7.99. The predicted molar refractivity (Wildman–Crippen MR) is 129 cm³/mol. The van der Waals surface area contributed by atoms with Gasteiger partial charge in [-0.3, -0.25) is 14.5 Å². The van der Waals surface area contributed by atoms with Crippen LogP contribution in [0.3, 0.4) is 0 Å². The molecule has 1 atom stereocenters. The number of benzene rings is 2. The fraction of sp³-hybridized carbons (Fsp3) is 0.333. The molecule has 8 nitrogen and oxygen atoms in total. The molecule has 3 N–H and O–H groups in total. The molecular formula is C24H28N6O2S. The Balaban J connectivity index is 1.38. The molecule has 0 radical (unpaired) electrons. The Bertz CT molecular complexity index is 1120. The highest BCUT2D eigenvalue weighted by Gasteiger charge is 2.29. The molecule has 1 aliphatic heterocycles. The van der Waals surface area contributed by atoms with Gasteiger partial charge in [0.15, 0.2) is 5.16 Å². The number of nitrogens with two attached hydrogens (primary N) is 1. The molecule has 0 aliphatic carbocycles. The third kappa shape index (κ3) is 5.80. The number of hydrogen-bond donors (Lipinski definition) is 2. The fourth-order valence-corrected chi connectivity index (χ4v) is 4.85. The van der Waals surface area contributed by atoms with E-state index in [0.29, 0.717) is 18.2 Å². The first-order valence-electron chi connectivity index (χ1n) is 11.0. The number of nitrogens with zero attached hydrogens (tertiary/aromatic N) is 4. The number of hydrogen-bond acceptors (Lipinski definition) is 6. The lowest BCUT2D eigenvalue weighted by atomic mass is 10.1. The predicted octanol–water partition coefficient (Wildman–Crippen LogP) is 2.82. The Labute approximate surface area is 197 Å². The minimum atomic E-state index is -0.291. The number of amides is 2. The maximum Gasteiger partial charge on any atom is 0.234 e. The lowest BCUT2D eigenvalue weighted by Crippen LogP contribution is -2.39. The fourth-order valence-electron chi connectivity index (χ4n) is 4.07. The number of carbonyl (C=O) groups is 2. The number of likely N-dealkylation sites (tertiary alicyclic amines) is 1. The molecule has 1 unspecified atom stereocenters. The van der Waals surface area contributed by atoms with Crippen molar-refractivity contribution in [1.29, 1.82) is 0 Å². The third-order valence-corrected chi connectivity index (χ3v) is 6.74. The van der Waals surface area contributed by atoms with Crippen molar-refractivity contribution in [1.82, 2.24) is 19.7 Å². The summed E-state index contributed by atoms with van der Waals surface area (Å²) in [7, 11) is 0. The van der Waals surface area contributed by atoms with Crippen LogP contribution in [0.1, 0.15) is 29.8 Å². The van der Waals surface area contributed by atoms with Crippen molar-refractivity contribution >= 4 is 29.3 Å². The van der Waals surface area contributed by atoms with Crippen molar-refractivity contribution in [2.75, 3.05) is 17.6 Å². The van der Waals surface area contributed by atoms with E-state index in [4.69, 9.17) is 5.73 Å². The summed E-state index contributed by atoms with van der Waals surface area (Å²) in [5.74, 6) is 0.615. The summed E-state index contributed by atoms with van der Waals surface area (Å²) in [6, 6.07) is 17.5. The Morgan fingerprint density at radius 3 is 2.64 bits per heavy atom. The number of aryl methyl sites for hydroxylation is 1. The molecule has 9 heteroatoms. The van der Waals surface area contributed by atoms with Crippen LogP contribution in [0.2, 0.25) is 0 Å². The van der Waals surface area contributed by atoms with Crippen LogP contribution in [0.25, 0.3) is 0 Å². The van der Waals surface area contributed by atoms with Gasteiger partial charge in [-0.2, -0.15) is 0 Å². The molecule has 1 aliphatic rings. The van der Waals surface area contributed by atoms with Crippen molar-refractivity contribution in [3.8, 4) is 0 Å². The third-order valence-electron chi connectivity index (χ3n) is 5.77. The van der Waals surface area contributed by atoms with Gasteiger partial charge in [0, 0.05) is 12.2 Å². The molecule has 33 heavy (non-hydrogen) atoms. The maximum atomic E-state index is 12.7. The van der Waals surface area contributed by atoms with Crippen LogP contribution in [-0.4, -0.2) is 49.8 Å². The SMILES string of the molecule is Cc1nnc(SCC(=O)Nc2ccccc2CN2CCCC2C(N)=O)n1Cc1ccccc1. The Morgan fingerprint density at radius 1 is 1.09 bits per heavy atom. The lowest BCUT2D eigenvalue weighted by Gasteiger charge is -2.23. The van der Waals surface area contributed by atoms with Gasteiger partial charge in [-0.25, -0.2) is 0 Å². The molecule has 172 valence electrons. The van der Waals surface area contributed by atoms with Crippen molar-refractivity contribution in [3.05, 3.63) is 71.5 Å². The second kappa shape index (κ2) is 10.6. The minimum absolute atomic E-state index is 0.118. The quantitative estimate of drug-likeness (QED) is 0.472. The smallest absolute Gasteiger partial charge is 0.234 e. The molecule has 4 rings (SSSR count). The number of thioether (sulfide) groups is 1. The monoisotopic (exact) mass is 464 g/mol. The summed E-state index contributed by atoms with van der Waals surface area (Å²) in [6.07, 6.45) is 1.73. The standard InChI is InChI=1S/C24H28N6O2S/c1-17-27-28-24(30(17)14-18-8-3-2-4-9-18)33-16-22(31)26-20-11-6-5-10-19(20)15-29-13-7-12-21(29)23(25)32/h2-6,8-11,21H,7,12-16H2,1H3,(H2,25,32)(H,26,31). The van der Waals surface area contributed by atoms with E-state index in [1.807, 2.05) is 54.0 Å². The summed E-state index contributed by atoms with van der Waals surface area (Å²) in [5, 5.41) is 12.2. The van der Waals surface area contributed by atoms with Gasteiger partial charge in [-0.1, -0.05) is 60.3 Å². The number of para-hydroxylation sites is 1. The van der Waals surface area contributed by atoms with Gasteiger partial charge in [-0.05, 0) is 43.5 Å². The van der Waals surface area contributed by atoms with Crippen molar-refractivity contribution < 1.29 is 9.59 Å². The first-order chi connectivity index (χ1) is 16.0. The molecule has 3 aromatic rings. The zero-order valence-electron chi connectivity index (χ0n) is 18.6. The maximum absolute atomic E-state index is 12.7. The highest BCUT2D eigenvalue weighted by atomic mass is 32.2. The number of aromatic nitrogens is 3. The summed E-state index contributed by atoms with van der Waals surface area (Å²) in [6.45, 7) is 3.96. The van der Waals surface area contributed by atoms with Gasteiger partial charge in [0.25, 0.3) is 0 Å². The Morgan fingerprint density at radius 2 is 1.85 bits per heavy atom. The zero-order valence-corrected chi connectivity index (χ0v) is 19.4. The van der Waals surface area contributed by atoms with Crippen LogP contribution in [-0.2, 0) is 22.7 Å². The molecule has 2 amide bonds. The van der Waals surface area contributed by atoms with E-state index < -0.39 is 0 Å². The van der Waals surface area contributed by atoms with Crippen LogP contribution in [0, 0.1) is 6.92 Å². The van der Waals surface area contributed by atoms with Crippen molar-refractivity contribution in [3.63, 3.8) is 0 Å². The van der Waals surface area contributed by atoms with Gasteiger partial charge in [0.2, 0.25) is 11.8 Å². The van der Waals surface area contributed by atoms with Gasteiger partial charge in [0.05, 0.1) is 18.3 Å². The van der Waals surface area contributed by atoms with Gasteiger partial charge >= 0.3 is 0 Å². The molecule has 2 aromatic carbocycles. The van der Waals surface area contributed by atoms with Crippen molar-refractivity contribution in [2.24, 2.45) is 5.73 Å². The number of rotatable bonds is 9. The number of primary amides is 1. The summed E-state index contributed by atoms with van der Waals surface area (Å²) in [5.41, 5.74) is 8.42. The van der Waals surface area contributed by atoms with Crippen LogP contribution in [0.5, 0.6) is 0 Å². The second-order valence-electron chi connectivity index (χ2n) is 8.13. The van der Waals surface area contributed by atoms with Crippen LogP contribution < -0.4 is 11.1 Å². The summed E-state index contributed by atoms with van der Waals surface area (Å²) in [4.78, 5) is 26.6. The Hall–Kier alpha value is -3.17. The molecular weight excluding hydrogens is 436 g/mol. The normalized spacial score (nSPS) is 16.1. The molecule has 2 heterocycles. The topological polar surface area (TPSA) is 106 Å². The van der Waals surface area contributed by atoms with E-state index >= 15 is 0 Å². The molecule has 1 fully saturated rings. The summed E-state index contributed by atoms with van der Waals surface area (Å²) < 4.78 is 2.01. The second-order valence-corrected chi connectivity index (χ2v) is 9.07. The number of anilines is 1. The Kier molecular flexibility index (Phi) is 7.41. The average molecular weight is 465 g/mol. The van der Waals surface area contributed by atoms with E-state index in [9.17, 15) is 9.59 Å². The number of nitrogens with one attached hydrogen (secondary N) is 1. The van der Waals surface area contributed by atoms with Gasteiger partial charge in [-0.15, -0.1) is 10.2 Å². The summed E-state index contributed by atoms with van der Waals surface area (Å²) >= 11 is 1.36. The first-order valence-corrected chi connectivity index (χ1v) is 12.0. The first kappa shape index (κ1) is 23.0. The lowest BCUT2D eigenvalue weighted by molar-refractivity contribution is -0.122. The molecule has 0 saturated carbocycles.